The number of hydrogen-bond donors (Lipinski definition) is 1. The summed E-state index contributed by atoms with van der Waals surface area (Å²) in [7, 11) is -4.35. The second-order valence-corrected chi connectivity index (χ2v) is 10.9. The zero-order chi connectivity index (χ0) is 27.3. The van der Waals surface area contributed by atoms with Crippen molar-refractivity contribution in [1.82, 2.24) is 15.1 Å². The van der Waals surface area contributed by atoms with Crippen LogP contribution in [0.4, 0.5) is 0 Å². The van der Waals surface area contributed by atoms with Gasteiger partial charge in [0.1, 0.15) is 5.75 Å². The molecule has 0 bridgehead atoms. The summed E-state index contributed by atoms with van der Waals surface area (Å²) in [5.74, 6) is -1.36. The number of benzene rings is 2. The molecule has 1 saturated heterocycles. The fourth-order valence-corrected chi connectivity index (χ4v) is 5.56. The largest absolute Gasteiger partial charge is 0.494 e. The van der Waals surface area contributed by atoms with Crippen LogP contribution in [-0.4, -0.2) is 74.1 Å². The molecule has 1 atom stereocenters. The minimum absolute atomic E-state index is 0.0882. The molecule has 1 aliphatic rings. The zero-order valence-corrected chi connectivity index (χ0v) is 22.1. The van der Waals surface area contributed by atoms with Crippen LogP contribution in [0.2, 0.25) is 5.02 Å². The quantitative estimate of drug-likeness (QED) is 0.449. The molecule has 3 aromatic rings. The molecule has 2 aromatic carbocycles. The van der Waals surface area contributed by atoms with Crippen LogP contribution in [0.25, 0.3) is 0 Å². The highest BCUT2D eigenvalue weighted by Crippen LogP contribution is 2.21. The fourth-order valence-electron chi connectivity index (χ4n) is 3.97. The third-order valence-electron chi connectivity index (χ3n) is 5.97. The van der Waals surface area contributed by atoms with E-state index in [-0.39, 0.29) is 42.7 Å². The standard InChI is InChI=1S/C26H26ClN3O7S/c1-2-36-20-9-5-18(6-10-20)25(32)29-13-15-30(16-14-29)26(33)24(28-23(31)22-4-3-17-37-22)38(34,35)21-11-7-19(27)8-12-21/h3-12,17,24H,2,13-16H2,1H3,(H,28,31). The van der Waals surface area contributed by atoms with Gasteiger partial charge in [0.25, 0.3) is 17.7 Å². The summed E-state index contributed by atoms with van der Waals surface area (Å²) in [6.07, 6.45) is 1.26. The van der Waals surface area contributed by atoms with Gasteiger partial charge in [-0.25, -0.2) is 8.42 Å². The van der Waals surface area contributed by atoms with E-state index in [4.69, 9.17) is 20.8 Å². The molecule has 4 rings (SSSR count). The molecule has 0 radical (unpaired) electrons. The molecule has 38 heavy (non-hydrogen) atoms. The minimum Gasteiger partial charge on any atom is -0.494 e. The molecular formula is C26H26ClN3O7S. The van der Waals surface area contributed by atoms with Gasteiger partial charge < -0.3 is 24.3 Å². The number of halogens is 1. The van der Waals surface area contributed by atoms with Crippen molar-refractivity contribution in [2.75, 3.05) is 32.8 Å². The lowest BCUT2D eigenvalue weighted by Crippen LogP contribution is -2.57. The SMILES string of the molecule is CCOc1ccc(C(=O)N2CCN(C(=O)C(NC(=O)c3ccco3)S(=O)(=O)c3ccc(Cl)cc3)CC2)cc1. The average molecular weight is 560 g/mol. The number of amides is 3. The maximum atomic E-state index is 13.5. The van der Waals surface area contributed by atoms with E-state index in [1.54, 1.807) is 29.2 Å². The van der Waals surface area contributed by atoms with Gasteiger partial charge in [0, 0.05) is 36.8 Å². The Kier molecular flexibility index (Phi) is 8.38. The Labute approximate surface area is 225 Å². The van der Waals surface area contributed by atoms with Crippen molar-refractivity contribution in [3.8, 4) is 5.75 Å². The molecule has 1 N–H and O–H groups in total. The molecule has 200 valence electrons. The van der Waals surface area contributed by atoms with Crippen molar-refractivity contribution in [3.05, 3.63) is 83.3 Å². The van der Waals surface area contributed by atoms with E-state index in [0.29, 0.717) is 22.9 Å². The summed E-state index contributed by atoms with van der Waals surface area (Å²) in [4.78, 5) is 41.8. The van der Waals surface area contributed by atoms with E-state index < -0.39 is 27.0 Å². The van der Waals surface area contributed by atoms with E-state index in [9.17, 15) is 22.8 Å². The molecule has 0 saturated carbocycles. The molecule has 0 spiro atoms. The van der Waals surface area contributed by atoms with E-state index in [1.807, 2.05) is 6.92 Å². The summed E-state index contributed by atoms with van der Waals surface area (Å²) in [5, 5.41) is 0.720. The van der Waals surface area contributed by atoms with Crippen LogP contribution < -0.4 is 10.1 Å². The first-order chi connectivity index (χ1) is 18.2. The molecule has 10 nitrogen and oxygen atoms in total. The summed E-state index contributed by atoms with van der Waals surface area (Å²) in [6, 6.07) is 14.9. The molecule has 1 aromatic heterocycles. The number of carbonyl (C=O) groups excluding carboxylic acids is 3. The van der Waals surface area contributed by atoms with Crippen molar-refractivity contribution >= 4 is 39.2 Å². The first-order valence-electron chi connectivity index (χ1n) is 11.9. The van der Waals surface area contributed by atoms with E-state index in [1.165, 1.54) is 47.6 Å². The predicted molar refractivity (Wildman–Crippen MR) is 139 cm³/mol. The van der Waals surface area contributed by atoms with Crippen molar-refractivity contribution in [2.45, 2.75) is 17.2 Å². The Hall–Kier alpha value is -3.83. The molecule has 3 amide bonds. The third kappa shape index (κ3) is 6.00. The van der Waals surface area contributed by atoms with Crippen LogP contribution in [0.15, 0.2) is 76.2 Å². The van der Waals surface area contributed by atoms with E-state index >= 15 is 0 Å². The highest BCUT2D eigenvalue weighted by atomic mass is 35.5. The average Bonchev–Trinajstić information content (AvgIpc) is 3.47. The number of furan rings is 1. The Bertz CT molecular complexity index is 1380. The first-order valence-corrected chi connectivity index (χ1v) is 13.8. The molecule has 1 fully saturated rings. The number of nitrogens with one attached hydrogen (secondary N) is 1. The van der Waals surface area contributed by atoms with Crippen molar-refractivity contribution < 1.29 is 32.0 Å². The number of nitrogens with zero attached hydrogens (tertiary/aromatic N) is 2. The Morgan fingerprint density at radius 3 is 2.18 bits per heavy atom. The lowest BCUT2D eigenvalue weighted by molar-refractivity contribution is -0.132. The van der Waals surface area contributed by atoms with Crippen LogP contribution in [0.1, 0.15) is 27.8 Å². The Morgan fingerprint density at radius 2 is 1.61 bits per heavy atom. The van der Waals surface area contributed by atoms with Gasteiger partial charge in [-0.15, -0.1) is 0 Å². The second kappa shape index (κ2) is 11.7. The number of piperazine rings is 1. The van der Waals surface area contributed by atoms with Crippen molar-refractivity contribution in [1.29, 1.82) is 0 Å². The number of rotatable bonds is 8. The molecular weight excluding hydrogens is 534 g/mol. The predicted octanol–water partition coefficient (Wildman–Crippen LogP) is 2.85. The van der Waals surface area contributed by atoms with E-state index in [0.717, 1.165) is 0 Å². The number of ether oxygens (including phenoxy) is 1. The van der Waals surface area contributed by atoms with Crippen LogP contribution in [0.5, 0.6) is 5.75 Å². The lowest BCUT2D eigenvalue weighted by Gasteiger charge is -2.36. The second-order valence-electron chi connectivity index (χ2n) is 8.40. The first kappa shape index (κ1) is 27.2. The van der Waals surface area contributed by atoms with Gasteiger partial charge in [-0.3, -0.25) is 14.4 Å². The summed E-state index contributed by atoms with van der Waals surface area (Å²) in [5.41, 5.74) is 0.474. The normalized spacial score (nSPS) is 14.6. The van der Waals surface area contributed by atoms with Gasteiger partial charge in [0.2, 0.25) is 15.2 Å². The van der Waals surface area contributed by atoms with Gasteiger partial charge in [-0.2, -0.15) is 0 Å². The van der Waals surface area contributed by atoms with Crippen molar-refractivity contribution in [2.24, 2.45) is 0 Å². The number of carbonyl (C=O) groups is 3. The number of sulfone groups is 1. The molecule has 1 aliphatic heterocycles. The Balaban J connectivity index is 1.49. The van der Waals surface area contributed by atoms with Crippen molar-refractivity contribution in [3.63, 3.8) is 0 Å². The van der Waals surface area contributed by atoms with Gasteiger partial charge in [0.05, 0.1) is 17.8 Å². The summed E-state index contributed by atoms with van der Waals surface area (Å²) in [6.45, 7) is 2.94. The maximum Gasteiger partial charge on any atom is 0.288 e. The highest BCUT2D eigenvalue weighted by molar-refractivity contribution is 7.92. The monoisotopic (exact) mass is 559 g/mol. The zero-order valence-electron chi connectivity index (χ0n) is 20.5. The summed E-state index contributed by atoms with van der Waals surface area (Å²) < 4.78 is 37.4. The molecule has 2 heterocycles. The maximum absolute atomic E-state index is 13.5. The molecule has 12 heteroatoms. The van der Waals surface area contributed by atoms with Gasteiger partial charge in [-0.1, -0.05) is 11.6 Å². The lowest BCUT2D eigenvalue weighted by atomic mass is 10.1. The summed E-state index contributed by atoms with van der Waals surface area (Å²) >= 11 is 5.89. The molecule has 0 aliphatic carbocycles. The van der Waals surface area contributed by atoms with Gasteiger partial charge >= 0.3 is 0 Å². The van der Waals surface area contributed by atoms with Crippen LogP contribution in [0.3, 0.4) is 0 Å². The van der Waals surface area contributed by atoms with Crippen LogP contribution >= 0.6 is 11.6 Å². The molecule has 1 unspecified atom stereocenters. The Morgan fingerprint density at radius 1 is 0.974 bits per heavy atom. The number of hydrogen-bond acceptors (Lipinski definition) is 7. The third-order valence-corrected chi connectivity index (χ3v) is 8.10. The highest BCUT2D eigenvalue weighted by Gasteiger charge is 2.40. The smallest absolute Gasteiger partial charge is 0.288 e. The van der Waals surface area contributed by atoms with Crippen LogP contribution in [0, 0.1) is 0 Å². The van der Waals surface area contributed by atoms with Crippen LogP contribution in [-0.2, 0) is 14.6 Å². The fraction of sp³-hybridized carbons (Fsp3) is 0.269. The minimum atomic E-state index is -4.35. The van der Waals surface area contributed by atoms with E-state index in [2.05, 4.69) is 5.32 Å². The topological polar surface area (TPSA) is 126 Å². The van der Waals surface area contributed by atoms with Gasteiger partial charge in [-0.05, 0) is 67.6 Å². The van der Waals surface area contributed by atoms with Gasteiger partial charge in [0.15, 0.2) is 5.76 Å².